The largest absolute Gasteiger partial charge is 0.493 e. The van der Waals surface area contributed by atoms with Crippen LogP contribution >= 0.6 is 0 Å². The van der Waals surface area contributed by atoms with Crippen LogP contribution in [0.15, 0.2) is 42.5 Å². The van der Waals surface area contributed by atoms with E-state index < -0.39 is 9.84 Å². The molecule has 32 heavy (non-hydrogen) atoms. The second kappa shape index (κ2) is 8.69. The van der Waals surface area contributed by atoms with E-state index >= 15 is 0 Å². The Hall–Kier alpha value is -2.08. The Balaban J connectivity index is 1.33. The Morgan fingerprint density at radius 1 is 1.06 bits per heavy atom. The smallest absolute Gasteiger partial charge is 0.150 e. The number of nitrogens with zero attached hydrogens (tertiary/aromatic N) is 1. The van der Waals surface area contributed by atoms with Gasteiger partial charge in [-0.1, -0.05) is 37.3 Å². The quantitative estimate of drug-likeness (QED) is 0.570. The minimum atomic E-state index is -3.00. The molecule has 5 rings (SSSR count). The lowest BCUT2D eigenvalue weighted by Crippen LogP contribution is -2.50. The van der Waals surface area contributed by atoms with Crippen molar-refractivity contribution < 1.29 is 17.5 Å². The van der Waals surface area contributed by atoms with Crippen LogP contribution in [-0.2, 0) is 16.3 Å². The van der Waals surface area contributed by atoms with Gasteiger partial charge in [-0.3, -0.25) is 0 Å². The molecular formula is C26H32FNO3S. The van der Waals surface area contributed by atoms with Crippen LogP contribution in [0, 0.1) is 23.6 Å². The molecule has 4 nitrogen and oxygen atoms in total. The molecule has 0 aromatic heterocycles. The summed E-state index contributed by atoms with van der Waals surface area (Å²) in [5.74, 6) is 2.06. The lowest BCUT2D eigenvalue weighted by atomic mass is 9.78. The van der Waals surface area contributed by atoms with E-state index in [9.17, 15) is 12.8 Å². The van der Waals surface area contributed by atoms with Gasteiger partial charge in [0.15, 0.2) is 9.84 Å². The first-order valence-electron chi connectivity index (χ1n) is 11.9. The second-order valence-electron chi connectivity index (χ2n) is 9.91. The third-order valence-electron chi connectivity index (χ3n) is 7.30. The third-order valence-corrected chi connectivity index (χ3v) is 9.26. The first-order valence-corrected chi connectivity index (χ1v) is 13.7. The molecule has 1 saturated carbocycles. The SMILES string of the molecule is CCC1COc2cc(F)c(N3CC(CS(=O)(=O)CC4CC4)C3)cc2C1Cc1ccccc1. The van der Waals surface area contributed by atoms with Crippen molar-refractivity contribution in [2.75, 3.05) is 36.1 Å². The fourth-order valence-electron chi connectivity index (χ4n) is 5.27. The first kappa shape index (κ1) is 21.7. The second-order valence-corrected chi connectivity index (χ2v) is 12.1. The van der Waals surface area contributed by atoms with E-state index in [1.165, 1.54) is 11.6 Å². The Bertz CT molecular complexity index is 1060. The van der Waals surface area contributed by atoms with E-state index in [4.69, 9.17) is 4.74 Å². The molecule has 2 heterocycles. The van der Waals surface area contributed by atoms with Crippen molar-refractivity contribution in [3.63, 3.8) is 0 Å². The predicted octanol–water partition coefficient (Wildman–Crippen LogP) is 4.83. The minimum absolute atomic E-state index is 0.0916. The Morgan fingerprint density at radius 2 is 1.78 bits per heavy atom. The van der Waals surface area contributed by atoms with Crippen LogP contribution in [0.4, 0.5) is 10.1 Å². The van der Waals surface area contributed by atoms with Gasteiger partial charge in [-0.2, -0.15) is 0 Å². The highest BCUT2D eigenvalue weighted by Gasteiger charge is 2.37. The maximum Gasteiger partial charge on any atom is 0.150 e. The number of sulfone groups is 1. The number of hydrogen-bond donors (Lipinski definition) is 0. The zero-order chi connectivity index (χ0) is 22.3. The van der Waals surface area contributed by atoms with Gasteiger partial charge in [-0.05, 0) is 49.1 Å². The fraction of sp³-hybridized carbons (Fsp3) is 0.538. The average molecular weight is 458 g/mol. The van der Waals surface area contributed by atoms with Crippen LogP contribution in [0.3, 0.4) is 0 Å². The van der Waals surface area contributed by atoms with E-state index in [1.807, 2.05) is 17.0 Å². The molecule has 2 aliphatic heterocycles. The number of benzene rings is 2. The first-order chi connectivity index (χ1) is 15.4. The van der Waals surface area contributed by atoms with Gasteiger partial charge < -0.3 is 9.64 Å². The average Bonchev–Trinajstić information content (AvgIpc) is 3.54. The molecule has 172 valence electrons. The zero-order valence-electron chi connectivity index (χ0n) is 18.7. The predicted molar refractivity (Wildman–Crippen MR) is 126 cm³/mol. The standard InChI is InChI=1S/C26H32FNO3S/c1-2-21-15-31-26-12-24(27)25(11-23(26)22(21)10-18-6-4-3-5-7-18)28-13-20(14-28)17-32(29,30)16-19-8-9-19/h3-7,11-12,19-22H,2,8-10,13-17H2,1H3. The molecule has 0 radical (unpaired) electrons. The fourth-order valence-corrected chi connectivity index (χ4v) is 7.39. The molecule has 0 N–H and O–H groups in total. The molecule has 2 aromatic carbocycles. The number of fused-ring (bicyclic) bond motifs is 1. The van der Waals surface area contributed by atoms with Crippen molar-refractivity contribution in [2.24, 2.45) is 17.8 Å². The third kappa shape index (κ3) is 4.66. The number of ether oxygens (including phenoxy) is 1. The van der Waals surface area contributed by atoms with Gasteiger partial charge >= 0.3 is 0 Å². The maximum absolute atomic E-state index is 15.0. The Labute approximate surface area is 190 Å². The number of anilines is 1. The van der Waals surface area contributed by atoms with E-state index in [0.717, 1.165) is 31.2 Å². The molecule has 2 fully saturated rings. The van der Waals surface area contributed by atoms with Gasteiger partial charge in [-0.15, -0.1) is 0 Å². The van der Waals surface area contributed by atoms with Gasteiger partial charge in [0.05, 0.1) is 23.8 Å². The van der Waals surface area contributed by atoms with Crippen molar-refractivity contribution >= 4 is 15.5 Å². The van der Waals surface area contributed by atoms with Crippen LogP contribution < -0.4 is 9.64 Å². The summed E-state index contributed by atoms with van der Waals surface area (Å²) in [6, 6.07) is 13.9. The summed E-state index contributed by atoms with van der Waals surface area (Å²) in [6.07, 6.45) is 4.00. The highest BCUT2D eigenvalue weighted by atomic mass is 32.2. The summed E-state index contributed by atoms with van der Waals surface area (Å²) in [4.78, 5) is 1.99. The van der Waals surface area contributed by atoms with Crippen molar-refractivity contribution in [3.05, 3.63) is 59.4 Å². The summed E-state index contributed by atoms with van der Waals surface area (Å²) in [5, 5.41) is 0. The van der Waals surface area contributed by atoms with Crippen molar-refractivity contribution in [3.8, 4) is 5.75 Å². The van der Waals surface area contributed by atoms with Crippen molar-refractivity contribution in [1.82, 2.24) is 0 Å². The van der Waals surface area contributed by atoms with Gasteiger partial charge in [0.1, 0.15) is 11.6 Å². The van der Waals surface area contributed by atoms with E-state index in [1.54, 1.807) is 0 Å². The lowest BCUT2D eigenvalue weighted by Gasteiger charge is -2.42. The Kier molecular flexibility index (Phi) is 5.91. The summed E-state index contributed by atoms with van der Waals surface area (Å²) in [6.45, 7) is 4.00. The molecule has 2 aromatic rings. The highest BCUT2D eigenvalue weighted by molar-refractivity contribution is 7.91. The molecule has 0 spiro atoms. The normalized spacial score (nSPS) is 23.4. The molecule has 0 bridgehead atoms. The van der Waals surface area contributed by atoms with Crippen LogP contribution in [0.2, 0.25) is 0 Å². The van der Waals surface area contributed by atoms with Crippen LogP contribution in [0.5, 0.6) is 5.75 Å². The molecule has 6 heteroatoms. The molecule has 2 atom stereocenters. The van der Waals surface area contributed by atoms with Crippen molar-refractivity contribution in [1.29, 1.82) is 0 Å². The minimum Gasteiger partial charge on any atom is -0.493 e. The lowest BCUT2D eigenvalue weighted by molar-refractivity contribution is 0.187. The zero-order valence-corrected chi connectivity index (χ0v) is 19.5. The molecule has 0 amide bonds. The topological polar surface area (TPSA) is 46.6 Å². The van der Waals surface area contributed by atoms with Gasteiger partial charge in [0.2, 0.25) is 0 Å². The van der Waals surface area contributed by atoms with E-state index in [2.05, 4.69) is 31.2 Å². The van der Waals surface area contributed by atoms with Crippen LogP contribution in [-0.4, -0.2) is 39.6 Å². The molecular weight excluding hydrogens is 425 g/mol. The van der Waals surface area contributed by atoms with Crippen molar-refractivity contribution in [2.45, 2.75) is 38.5 Å². The summed E-state index contributed by atoms with van der Waals surface area (Å²) < 4.78 is 45.7. The van der Waals surface area contributed by atoms with Crippen LogP contribution in [0.1, 0.15) is 43.2 Å². The van der Waals surface area contributed by atoms with Crippen LogP contribution in [0.25, 0.3) is 0 Å². The monoisotopic (exact) mass is 457 g/mol. The van der Waals surface area contributed by atoms with E-state index in [-0.39, 0.29) is 23.4 Å². The Morgan fingerprint density at radius 3 is 2.47 bits per heavy atom. The number of hydrogen-bond acceptors (Lipinski definition) is 4. The maximum atomic E-state index is 15.0. The molecule has 1 saturated heterocycles. The summed E-state index contributed by atoms with van der Waals surface area (Å²) >= 11 is 0. The van der Waals surface area contributed by atoms with Gasteiger partial charge in [-0.25, -0.2) is 12.8 Å². The molecule has 2 unspecified atom stereocenters. The summed E-state index contributed by atoms with van der Waals surface area (Å²) in [5.41, 5.74) is 2.94. The molecule has 3 aliphatic rings. The van der Waals surface area contributed by atoms with E-state index in [0.29, 0.717) is 48.7 Å². The summed E-state index contributed by atoms with van der Waals surface area (Å²) in [7, 11) is -3.00. The molecule has 1 aliphatic carbocycles. The van der Waals surface area contributed by atoms with Gasteiger partial charge in [0.25, 0.3) is 0 Å². The number of rotatable bonds is 8. The van der Waals surface area contributed by atoms with Gasteiger partial charge in [0, 0.05) is 36.6 Å². The number of halogens is 1. The highest BCUT2D eigenvalue weighted by Crippen LogP contribution is 2.44.